The van der Waals surface area contributed by atoms with Gasteiger partial charge in [0.25, 0.3) is 5.91 Å². The summed E-state index contributed by atoms with van der Waals surface area (Å²) >= 11 is 0. The quantitative estimate of drug-likeness (QED) is 0.563. The van der Waals surface area contributed by atoms with Gasteiger partial charge in [-0.1, -0.05) is 0 Å². The molecule has 1 aliphatic heterocycles. The third-order valence-corrected chi connectivity index (χ3v) is 5.75. The van der Waals surface area contributed by atoms with E-state index in [1.54, 1.807) is 45.9 Å². The van der Waals surface area contributed by atoms with Crippen molar-refractivity contribution < 1.29 is 28.2 Å². The number of amides is 1. The van der Waals surface area contributed by atoms with Crippen molar-refractivity contribution in [3.63, 3.8) is 0 Å². The lowest BCUT2D eigenvalue weighted by atomic mass is 10.0. The van der Waals surface area contributed by atoms with E-state index in [1.807, 2.05) is 0 Å². The first-order chi connectivity index (χ1) is 15.4. The van der Waals surface area contributed by atoms with E-state index < -0.39 is 11.7 Å². The molecule has 1 fully saturated rings. The molecule has 0 atom stereocenters. The van der Waals surface area contributed by atoms with Crippen LogP contribution in [0.15, 0.2) is 45.6 Å². The van der Waals surface area contributed by atoms with E-state index in [-0.39, 0.29) is 11.9 Å². The number of methoxy groups -OCH3 is 3. The van der Waals surface area contributed by atoms with Crippen molar-refractivity contribution in [3.8, 4) is 11.5 Å². The molecule has 2 heterocycles. The van der Waals surface area contributed by atoms with Crippen LogP contribution in [0.5, 0.6) is 11.5 Å². The summed E-state index contributed by atoms with van der Waals surface area (Å²) in [5.41, 5.74) is 1.77. The lowest BCUT2D eigenvalue weighted by Crippen LogP contribution is -2.40. The number of hydrogen-bond donors (Lipinski definition) is 0. The molecule has 168 valence electrons. The first kappa shape index (κ1) is 21.5. The van der Waals surface area contributed by atoms with Crippen molar-refractivity contribution in [2.45, 2.75) is 18.9 Å². The Morgan fingerprint density at radius 3 is 2.19 bits per heavy atom. The van der Waals surface area contributed by atoms with Gasteiger partial charge in [0.1, 0.15) is 11.5 Å². The second-order valence-corrected chi connectivity index (χ2v) is 7.54. The molecule has 0 bridgehead atoms. The number of likely N-dealkylation sites (tertiary alicyclic amines) is 1. The van der Waals surface area contributed by atoms with Crippen molar-refractivity contribution in [3.05, 3.63) is 58.1 Å². The van der Waals surface area contributed by atoms with Crippen LogP contribution in [0, 0.1) is 0 Å². The van der Waals surface area contributed by atoms with Crippen molar-refractivity contribution in [1.29, 1.82) is 0 Å². The van der Waals surface area contributed by atoms with Gasteiger partial charge in [-0.2, -0.15) is 0 Å². The van der Waals surface area contributed by atoms with Crippen molar-refractivity contribution in [2.75, 3.05) is 34.4 Å². The molecule has 0 radical (unpaired) electrons. The average Bonchev–Trinajstić information content (AvgIpc) is 3.17. The topological polar surface area (TPSA) is 100 Å². The van der Waals surface area contributed by atoms with E-state index in [9.17, 15) is 14.4 Å². The van der Waals surface area contributed by atoms with E-state index in [0.717, 1.165) is 0 Å². The summed E-state index contributed by atoms with van der Waals surface area (Å²) in [7, 11) is 4.37. The number of carbonyl (C=O) groups excluding carboxylic acids is 2. The van der Waals surface area contributed by atoms with E-state index in [4.69, 9.17) is 18.6 Å². The molecule has 1 aromatic heterocycles. The monoisotopic (exact) mass is 440 g/mol. The Bertz CT molecular complexity index is 1200. The molecule has 0 saturated carbocycles. The second kappa shape index (κ2) is 8.78. The summed E-state index contributed by atoms with van der Waals surface area (Å²) in [6.07, 6.45) is 1.15. The van der Waals surface area contributed by atoms with Crippen LogP contribution in [0.4, 0.5) is 0 Å². The summed E-state index contributed by atoms with van der Waals surface area (Å²) < 4.78 is 22.2. The van der Waals surface area contributed by atoms with Crippen molar-refractivity contribution in [1.82, 2.24) is 9.47 Å². The molecule has 0 aliphatic carbocycles. The molecule has 4 rings (SSSR count). The van der Waals surface area contributed by atoms with E-state index in [2.05, 4.69) is 0 Å². The predicted molar refractivity (Wildman–Crippen MR) is 116 cm³/mol. The van der Waals surface area contributed by atoms with Gasteiger partial charge in [-0.05, 0) is 43.2 Å². The van der Waals surface area contributed by atoms with Gasteiger partial charge in [0, 0.05) is 30.8 Å². The maximum absolute atomic E-state index is 13.0. The van der Waals surface area contributed by atoms with E-state index in [0.29, 0.717) is 59.7 Å². The molecule has 3 aromatic rings. The predicted octanol–water partition coefficient (Wildman–Crippen LogP) is 2.88. The molecule has 1 amide bonds. The maximum atomic E-state index is 13.0. The normalized spacial score (nSPS) is 14.4. The highest BCUT2D eigenvalue weighted by Gasteiger charge is 2.28. The lowest BCUT2D eigenvalue weighted by molar-refractivity contribution is 0.0600. The fourth-order valence-corrected chi connectivity index (χ4v) is 4.06. The summed E-state index contributed by atoms with van der Waals surface area (Å²) in [5.74, 6) is -0.00980. The van der Waals surface area contributed by atoms with Crippen LogP contribution in [0.25, 0.3) is 11.1 Å². The second-order valence-electron chi connectivity index (χ2n) is 7.54. The Morgan fingerprint density at radius 1 is 0.938 bits per heavy atom. The molecule has 0 unspecified atom stereocenters. The Hall–Kier alpha value is -3.75. The van der Waals surface area contributed by atoms with Crippen LogP contribution in [0.2, 0.25) is 0 Å². The number of carbonyl (C=O) groups is 2. The summed E-state index contributed by atoms with van der Waals surface area (Å²) in [6.45, 7) is 0.942. The highest BCUT2D eigenvalue weighted by Crippen LogP contribution is 2.29. The molecule has 2 aromatic carbocycles. The smallest absolute Gasteiger partial charge is 0.420 e. The number of nitrogens with zero attached hydrogens (tertiary/aromatic N) is 2. The van der Waals surface area contributed by atoms with Gasteiger partial charge in [-0.15, -0.1) is 0 Å². The van der Waals surface area contributed by atoms with Gasteiger partial charge in [-0.3, -0.25) is 9.36 Å². The fraction of sp³-hybridized carbons (Fsp3) is 0.348. The molecule has 9 nitrogen and oxygen atoms in total. The van der Waals surface area contributed by atoms with E-state index >= 15 is 0 Å². The highest BCUT2D eigenvalue weighted by atomic mass is 16.5. The first-order valence-electron chi connectivity index (χ1n) is 10.2. The molecule has 9 heteroatoms. The summed E-state index contributed by atoms with van der Waals surface area (Å²) in [6, 6.07) is 9.67. The third-order valence-electron chi connectivity index (χ3n) is 5.75. The minimum Gasteiger partial charge on any atom is -0.497 e. The van der Waals surface area contributed by atoms with Crippen LogP contribution in [0.3, 0.4) is 0 Å². The SMILES string of the molecule is COC(=O)c1ccc2oc(=O)n(C3CCN(C(=O)c4cc(OC)cc(OC)c4)CC3)c2c1. The van der Waals surface area contributed by atoms with Crippen LogP contribution >= 0.6 is 0 Å². The van der Waals surface area contributed by atoms with Gasteiger partial charge < -0.3 is 23.5 Å². The van der Waals surface area contributed by atoms with Gasteiger partial charge in [0.05, 0.1) is 32.4 Å². The fourth-order valence-electron chi connectivity index (χ4n) is 4.06. The number of rotatable bonds is 5. The molecular formula is C23H24N2O7. The number of ether oxygens (including phenoxy) is 3. The molecule has 0 spiro atoms. The van der Waals surface area contributed by atoms with Gasteiger partial charge in [-0.25, -0.2) is 9.59 Å². The summed E-state index contributed by atoms with van der Waals surface area (Å²) in [5, 5.41) is 0. The number of oxazole rings is 1. The number of fused-ring (bicyclic) bond motifs is 1. The minimum absolute atomic E-state index is 0.127. The number of benzene rings is 2. The zero-order valence-electron chi connectivity index (χ0n) is 18.1. The van der Waals surface area contributed by atoms with E-state index in [1.165, 1.54) is 21.3 Å². The van der Waals surface area contributed by atoms with Crippen molar-refractivity contribution in [2.24, 2.45) is 0 Å². The Labute approximate surface area is 184 Å². The summed E-state index contributed by atoms with van der Waals surface area (Å²) in [4.78, 5) is 39.2. The molecule has 0 N–H and O–H groups in total. The van der Waals surface area contributed by atoms with Gasteiger partial charge in [0.2, 0.25) is 0 Å². The third kappa shape index (κ3) is 3.93. The zero-order chi connectivity index (χ0) is 22.8. The van der Waals surface area contributed by atoms with Crippen molar-refractivity contribution >= 4 is 23.0 Å². The van der Waals surface area contributed by atoms with Crippen LogP contribution in [-0.4, -0.2) is 55.8 Å². The highest BCUT2D eigenvalue weighted by molar-refractivity contribution is 5.95. The van der Waals surface area contributed by atoms with Gasteiger partial charge >= 0.3 is 11.7 Å². The Kier molecular flexibility index (Phi) is 5.89. The largest absolute Gasteiger partial charge is 0.497 e. The lowest BCUT2D eigenvalue weighted by Gasteiger charge is -2.32. The molecule has 32 heavy (non-hydrogen) atoms. The molecular weight excluding hydrogens is 416 g/mol. The standard InChI is InChI=1S/C23H24N2O7/c1-29-17-10-15(11-18(13-17)30-2)21(26)24-8-6-16(7-9-24)25-19-12-14(22(27)31-3)4-5-20(19)32-23(25)28/h4-5,10-13,16H,6-9H2,1-3H3. The average molecular weight is 440 g/mol. The number of aromatic nitrogens is 1. The first-order valence-corrected chi connectivity index (χ1v) is 10.2. The van der Waals surface area contributed by atoms with Crippen LogP contribution in [0.1, 0.15) is 39.6 Å². The Balaban J connectivity index is 1.55. The van der Waals surface area contributed by atoms with Crippen LogP contribution < -0.4 is 15.2 Å². The van der Waals surface area contributed by atoms with Crippen LogP contribution in [-0.2, 0) is 4.74 Å². The maximum Gasteiger partial charge on any atom is 0.420 e. The Morgan fingerprint density at radius 2 is 1.59 bits per heavy atom. The zero-order valence-corrected chi connectivity index (χ0v) is 18.1. The molecule has 1 aliphatic rings. The number of piperidine rings is 1. The number of hydrogen-bond acceptors (Lipinski definition) is 7. The number of esters is 1. The van der Waals surface area contributed by atoms with Gasteiger partial charge in [0.15, 0.2) is 5.58 Å². The molecule has 1 saturated heterocycles. The minimum atomic E-state index is -0.485.